The van der Waals surface area contributed by atoms with Crippen LogP contribution in [0.1, 0.15) is 79.6 Å². The van der Waals surface area contributed by atoms with Crippen LogP contribution in [0.25, 0.3) is 0 Å². The van der Waals surface area contributed by atoms with Crippen molar-refractivity contribution >= 4 is 17.5 Å². The lowest BCUT2D eigenvalue weighted by Gasteiger charge is -2.08. The number of hydrogen-bond acceptors (Lipinski definition) is 4. The maximum absolute atomic E-state index is 12.0. The summed E-state index contributed by atoms with van der Waals surface area (Å²) in [5, 5.41) is 0. The monoisotopic (exact) mass is 438 g/mol. The third kappa shape index (κ3) is 10.5. The summed E-state index contributed by atoms with van der Waals surface area (Å²) in [6.45, 7) is 9.94. The summed E-state index contributed by atoms with van der Waals surface area (Å²) in [6.07, 6.45) is 16.9. The summed E-state index contributed by atoms with van der Waals surface area (Å²) < 4.78 is 4.91. The third-order valence-corrected chi connectivity index (χ3v) is 5.40. The first kappa shape index (κ1) is 27.3. The molecule has 4 nitrogen and oxygen atoms in total. The van der Waals surface area contributed by atoms with Gasteiger partial charge in [0.05, 0.1) is 7.11 Å². The van der Waals surface area contributed by atoms with Gasteiger partial charge in [0, 0.05) is 16.7 Å². The van der Waals surface area contributed by atoms with Gasteiger partial charge in [-0.2, -0.15) is 0 Å². The number of ketones is 2. The summed E-state index contributed by atoms with van der Waals surface area (Å²) in [6, 6.07) is 0. The largest absolute Gasteiger partial charge is 0.466 e. The van der Waals surface area contributed by atoms with E-state index in [4.69, 9.17) is 4.74 Å². The Morgan fingerprint density at radius 1 is 0.812 bits per heavy atom. The first-order chi connectivity index (χ1) is 15.1. The molecular weight excluding hydrogens is 400 g/mol. The molecule has 174 valence electrons. The predicted molar refractivity (Wildman–Crippen MR) is 131 cm³/mol. The highest BCUT2D eigenvalue weighted by atomic mass is 16.5. The average Bonchev–Trinajstić information content (AvgIpc) is 2.73. The van der Waals surface area contributed by atoms with Crippen molar-refractivity contribution in [3.63, 3.8) is 0 Å². The molecule has 32 heavy (non-hydrogen) atoms. The van der Waals surface area contributed by atoms with Gasteiger partial charge in [-0.1, -0.05) is 41.0 Å². The number of rotatable bonds is 12. The Hall–Kier alpha value is -2.75. The zero-order chi connectivity index (χ0) is 24.1. The van der Waals surface area contributed by atoms with E-state index in [9.17, 15) is 14.4 Å². The van der Waals surface area contributed by atoms with Crippen LogP contribution in [0.4, 0.5) is 0 Å². The molecule has 0 aromatic carbocycles. The van der Waals surface area contributed by atoms with Crippen LogP contribution in [0.2, 0.25) is 0 Å². The van der Waals surface area contributed by atoms with Crippen molar-refractivity contribution in [2.45, 2.75) is 79.6 Å². The summed E-state index contributed by atoms with van der Waals surface area (Å²) >= 11 is 0. The van der Waals surface area contributed by atoms with Crippen molar-refractivity contribution in [3.05, 3.63) is 69.9 Å². The van der Waals surface area contributed by atoms with E-state index in [0.29, 0.717) is 24.0 Å². The van der Waals surface area contributed by atoms with E-state index in [1.807, 2.05) is 12.2 Å². The van der Waals surface area contributed by atoms with Gasteiger partial charge in [-0.3, -0.25) is 9.59 Å². The molecule has 0 N–H and O–H groups in total. The van der Waals surface area contributed by atoms with Crippen LogP contribution in [0, 0.1) is 0 Å². The Bertz CT molecular complexity index is 884. The Morgan fingerprint density at radius 3 is 2.03 bits per heavy atom. The summed E-state index contributed by atoms with van der Waals surface area (Å²) in [5.41, 5.74) is 5.55. The molecule has 0 saturated heterocycles. The second kappa shape index (κ2) is 14.3. The van der Waals surface area contributed by atoms with Crippen molar-refractivity contribution < 1.29 is 19.1 Å². The number of methoxy groups -OCH3 is 1. The highest BCUT2D eigenvalue weighted by Crippen LogP contribution is 2.18. The van der Waals surface area contributed by atoms with Crippen LogP contribution in [-0.4, -0.2) is 24.6 Å². The van der Waals surface area contributed by atoms with E-state index >= 15 is 0 Å². The maximum atomic E-state index is 12.0. The highest BCUT2D eigenvalue weighted by molar-refractivity contribution is 6.19. The van der Waals surface area contributed by atoms with Crippen LogP contribution >= 0.6 is 0 Å². The summed E-state index contributed by atoms with van der Waals surface area (Å²) in [7, 11) is 1.42. The van der Waals surface area contributed by atoms with Gasteiger partial charge in [0.15, 0.2) is 11.6 Å². The molecule has 0 saturated carbocycles. The number of allylic oxidation sites excluding steroid dienone is 11. The van der Waals surface area contributed by atoms with E-state index in [0.717, 1.165) is 37.7 Å². The molecule has 0 aromatic rings. The van der Waals surface area contributed by atoms with E-state index in [-0.39, 0.29) is 17.5 Å². The molecule has 1 aliphatic carbocycles. The van der Waals surface area contributed by atoms with Gasteiger partial charge in [-0.25, -0.2) is 4.79 Å². The van der Waals surface area contributed by atoms with Crippen molar-refractivity contribution in [1.29, 1.82) is 0 Å². The van der Waals surface area contributed by atoms with Crippen molar-refractivity contribution in [1.82, 2.24) is 0 Å². The smallest absolute Gasteiger partial charge is 0.333 e. The van der Waals surface area contributed by atoms with E-state index in [1.54, 1.807) is 6.92 Å². The Balaban J connectivity index is 2.50. The van der Waals surface area contributed by atoms with Crippen LogP contribution in [0.15, 0.2) is 69.9 Å². The van der Waals surface area contributed by atoms with Gasteiger partial charge in [0.25, 0.3) is 0 Å². The summed E-state index contributed by atoms with van der Waals surface area (Å²) in [4.78, 5) is 35.7. The lowest BCUT2D eigenvalue weighted by molar-refractivity contribution is -0.136. The predicted octanol–water partition coefficient (Wildman–Crippen LogP) is 6.70. The number of ether oxygens (including phenoxy) is 1. The van der Waals surface area contributed by atoms with Crippen molar-refractivity contribution in [2.24, 2.45) is 0 Å². The lowest BCUT2D eigenvalue weighted by Crippen LogP contribution is -2.11. The average molecular weight is 439 g/mol. The second-order valence-electron chi connectivity index (χ2n) is 8.65. The minimum Gasteiger partial charge on any atom is -0.466 e. The SMILES string of the molecule is COC(=O)/C(=C/CC/C(C)=C/CC/C(C)=C/CC1=CC(=O)C(C)=CC1=O)CCC=C(C)C. The molecule has 0 spiro atoms. The van der Waals surface area contributed by atoms with E-state index in [2.05, 4.69) is 39.8 Å². The highest BCUT2D eigenvalue weighted by Gasteiger charge is 2.16. The molecule has 1 aliphatic rings. The van der Waals surface area contributed by atoms with Gasteiger partial charge in [0.1, 0.15) is 0 Å². The molecular formula is C28H38O4. The van der Waals surface area contributed by atoms with Crippen molar-refractivity contribution in [3.8, 4) is 0 Å². The zero-order valence-corrected chi connectivity index (χ0v) is 20.5. The van der Waals surface area contributed by atoms with E-state index < -0.39 is 0 Å². The topological polar surface area (TPSA) is 60.4 Å². The fraction of sp³-hybridized carbons (Fsp3) is 0.464. The van der Waals surface area contributed by atoms with Gasteiger partial charge in [-0.15, -0.1) is 0 Å². The maximum Gasteiger partial charge on any atom is 0.333 e. The minimum atomic E-state index is -0.242. The molecule has 0 fully saturated rings. The molecule has 0 unspecified atom stereocenters. The molecule has 0 heterocycles. The number of hydrogen-bond donors (Lipinski definition) is 0. The fourth-order valence-electron chi connectivity index (χ4n) is 3.31. The van der Waals surface area contributed by atoms with Gasteiger partial charge in [-0.05, 0) is 91.7 Å². The van der Waals surface area contributed by atoms with E-state index in [1.165, 1.54) is 36.0 Å². The quantitative estimate of drug-likeness (QED) is 0.147. The van der Waals surface area contributed by atoms with Crippen LogP contribution in [0.3, 0.4) is 0 Å². The lowest BCUT2D eigenvalue weighted by atomic mass is 9.95. The van der Waals surface area contributed by atoms with Crippen LogP contribution < -0.4 is 0 Å². The molecule has 0 radical (unpaired) electrons. The molecule has 0 bridgehead atoms. The number of esters is 1. The molecule has 0 aliphatic heterocycles. The first-order valence-corrected chi connectivity index (χ1v) is 11.3. The van der Waals surface area contributed by atoms with Gasteiger partial charge < -0.3 is 4.74 Å². The first-order valence-electron chi connectivity index (χ1n) is 11.3. The van der Waals surface area contributed by atoms with Crippen LogP contribution in [0.5, 0.6) is 0 Å². The molecule has 0 amide bonds. The Labute approximate surface area is 193 Å². The van der Waals surface area contributed by atoms with Gasteiger partial charge in [0.2, 0.25) is 0 Å². The van der Waals surface area contributed by atoms with Crippen molar-refractivity contribution in [2.75, 3.05) is 7.11 Å². The second-order valence-corrected chi connectivity index (χ2v) is 8.65. The molecule has 4 heteroatoms. The zero-order valence-electron chi connectivity index (χ0n) is 20.5. The fourth-order valence-corrected chi connectivity index (χ4v) is 3.31. The third-order valence-electron chi connectivity index (χ3n) is 5.40. The Morgan fingerprint density at radius 2 is 1.41 bits per heavy atom. The normalized spacial score (nSPS) is 15.4. The number of carbonyl (C=O) groups excluding carboxylic acids is 3. The Kier molecular flexibility index (Phi) is 12.2. The molecule has 0 atom stereocenters. The summed E-state index contributed by atoms with van der Waals surface area (Å²) in [5.74, 6) is -0.388. The number of carbonyl (C=O) groups is 3. The molecule has 1 rings (SSSR count). The van der Waals surface area contributed by atoms with Crippen LogP contribution in [-0.2, 0) is 19.1 Å². The van der Waals surface area contributed by atoms with Gasteiger partial charge >= 0.3 is 5.97 Å². The standard InChI is InChI=1S/C28H38O4/c1-20(2)10-7-14-24(28(31)32-6)15-9-13-21(3)11-8-12-22(4)16-17-25-19-26(29)23(5)18-27(25)30/h10-11,15-16,18-19H,7-9,12-14,17H2,1-6H3/b21-11+,22-16+,24-15+. The minimum absolute atomic E-state index is 0.0675. The molecule has 0 aromatic heterocycles.